The SMILES string of the molecule is O=C(/C=C/c1ccccc1Cl)/C=C/c1ccccc1OCC(=O)Nc1cc(-n2cncn2)cc(C(F)(F)F)c1. The molecule has 11 heteroatoms. The summed E-state index contributed by atoms with van der Waals surface area (Å²) in [4.78, 5) is 28.5. The Morgan fingerprint density at radius 1 is 0.974 bits per heavy atom. The smallest absolute Gasteiger partial charge is 0.416 e. The number of anilines is 1. The van der Waals surface area contributed by atoms with Gasteiger partial charge in [0.05, 0.1) is 11.3 Å². The van der Waals surface area contributed by atoms with Crippen molar-refractivity contribution in [3.05, 3.63) is 113 Å². The number of benzene rings is 3. The number of hydrogen-bond acceptors (Lipinski definition) is 5. The van der Waals surface area contributed by atoms with Gasteiger partial charge in [-0.15, -0.1) is 0 Å². The number of nitrogens with one attached hydrogen (secondary N) is 1. The Balaban J connectivity index is 1.42. The molecule has 7 nitrogen and oxygen atoms in total. The number of carbonyl (C=O) groups excluding carboxylic acids is 2. The lowest BCUT2D eigenvalue weighted by atomic mass is 10.1. The van der Waals surface area contributed by atoms with Gasteiger partial charge in [0.15, 0.2) is 12.4 Å². The molecule has 1 N–H and O–H groups in total. The van der Waals surface area contributed by atoms with Crippen LogP contribution >= 0.6 is 11.6 Å². The van der Waals surface area contributed by atoms with E-state index in [1.807, 2.05) is 0 Å². The zero-order valence-electron chi connectivity index (χ0n) is 20.1. The summed E-state index contributed by atoms with van der Waals surface area (Å²) >= 11 is 6.09. The molecule has 4 rings (SSSR count). The fraction of sp³-hybridized carbons (Fsp3) is 0.0714. The maximum atomic E-state index is 13.4. The average molecular weight is 553 g/mol. The molecule has 4 aromatic rings. The minimum atomic E-state index is -4.64. The summed E-state index contributed by atoms with van der Waals surface area (Å²) < 4.78 is 46.9. The molecular formula is C28H20ClF3N4O3. The minimum absolute atomic E-state index is 0.0716. The van der Waals surface area contributed by atoms with Crippen molar-refractivity contribution in [2.75, 3.05) is 11.9 Å². The molecule has 0 unspecified atom stereocenters. The van der Waals surface area contributed by atoms with Gasteiger partial charge in [-0.2, -0.15) is 18.3 Å². The van der Waals surface area contributed by atoms with Crippen LogP contribution in [0.5, 0.6) is 5.75 Å². The molecule has 0 saturated heterocycles. The Labute approximate surface area is 226 Å². The number of aromatic nitrogens is 3. The van der Waals surface area contributed by atoms with Crippen LogP contribution < -0.4 is 10.1 Å². The van der Waals surface area contributed by atoms with E-state index in [0.717, 1.165) is 16.8 Å². The summed E-state index contributed by atoms with van der Waals surface area (Å²) in [5, 5.41) is 6.77. The van der Waals surface area contributed by atoms with E-state index in [9.17, 15) is 22.8 Å². The van der Waals surface area contributed by atoms with E-state index in [1.54, 1.807) is 54.6 Å². The number of rotatable bonds is 9. The van der Waals surface area contributed by atoms with Gasteiger partial charge in [-0.05, 0) is 60.2 Å². The van der Waals surface area contributed by atoms with E-state index in [2.05, 4.69) is 15.4 Å². The van der Waals surface area contributed by atoms with Crippen LogP contribution in [0.15, 0.2) is 91.5 Å². The second-order valence-electron chi connectivity index (χ2n) is 8.07. The van der Waals surface area contributed by atoms with Crippen molar-refractivity contribution >= 4 is 41.1 Å². The van der Waals surface area contributed by atoms with Gasteiger partial charge >= 0.3 is 6.18 Å². The van der Waals surface area contributed by atoms with Crippen LogP contribution in [0.4, 0.5) is 18.9 Å². The lowest BCUT2D eigenvalue weighted by molar-refractivity contribution is -0.137. The van der Waals surface area contributed by atoms with Crippen LogP contribution in [-0.4, -0.2) is 33.1 Å². The van der Waals surface area contributed by atoms with Crippen LogP contribution in [0.3, 0.4) is 0 Å². The number of halogens is 4. The highest BCUT2D eigenvalue weighted by atomic mass is 35.5. The van der Waals surface area contributed by atoms with Gasteiger partial charge < -0.3 is 10.1 Å². The third-order valence-corrected chi connectivity index (χ3v) is 5.59. The number of allylic oxidation sites excluding steroid dienone is 2. The summed E-state index contributed by atoms with van der Waals surface area (Å²) in [6, 6.07) is 16.8. The highest BCUT2D eigenvalue weighted by Gasteiger charge is 2.31. The molecule has 0 aliphatic rings. The molecule has 0 saturated carbocycles. The minimum Gasteiger partial charge on any atom is -0.483 e. The van der Waals surface area contributed by atoms with E-state index in [-0.39, 0.29) is 17.2 Å². The van der Waals surface area contributed by atoms with Crippen LogP contribution in [0.1, 0.15) is 16.7 Å². The zero-order chi connectivity index (χ0) is 27.8. The molecule has 3 aromatic carbocycles. The van der Waals surface area contributed by atoms with Crippen molar-refractivity contribution in [3.8, 4) is 11.4 Å². The van der Waals surface area contributed by atoms with E-state index in [0.29, 0.717) is 21.9 Å². The third-order valence-electron chi connectivity index (χ3n) is 5.25. The van der Waals surface area contributed by atoms with Crippen molar-refractivity contribution in [1.82, 2.24) is 14.8 Å². The second kappa shape index (κ2) is 12.2. The van der Waals surface area contributed by atoms with E-state index in [1.165, 1.54) is 36.9 Å². The van der Waals surface area contributed by atoms with Crippen molar-refractivity contribution < 1.29 is 27.5 Å². The maximum absolute atomic E-state index is 13.4. The van der Waals surface area contributed by atoms with Gasteiger partial charge in [-0.25, -0.2) is 9.67 Å². The Bertz CT molecular complexity index is 1530. The van der Waals surface area contributed by atoms with Gasteiger partial charge in [-0.1, -0.05) is 48.0 Å². The molecule has 39 heavy (non-hydrogen) atoms. The van der Waals surface area contributed by atoms with Crippen LogP contribution in [0.2, 0.25) is 5.02 Å². The van der Waals surface area contributed by atoms with Gasteiger partial charge in [0, 0.05) is 16.3 Å². The number of carbonyl (C=O) groups is 2. The molecule has 198 valence electrons. The lowest BCUT2D eigenvalue weighted by Gasteiger charge is -2.14. The third kappa shape index (κ3) is 7.65. The molecule has 0 aliphatic heterocycles. The Morgan fingerprint density at radius 2 is 1.67 bits per heavy atom. The number of ether oxygens (including phenoxy) is 1. The molecule has 0 spiro atoms. The van der Waals surface area contributed by atoms with Gasteiger partial charge in [0.25, 0.3) is 5.91 Å². The van der Waals surface area contributed by atoms with Gasteiger partial charge in [0.1, 0.15) is 18.4 Å². The first-order valence-electron chi connectivity index (χ1n) is 11.4. The fourth-order valence-corrected chi connectivity index (χ4v) is 3.62. The van der Waals surface area contributed by atoms with Crippen molar-refractivity contribution in [1.29, 1.82) is 0 Å². The molecule has 1 heterocycles. The van der Waals surface area contributed by atoms with E-state index < -0.39 is 24.3 Å². The largest absolute Gasteiger partial charge is 0.483 e. The highest BCUT2D eigenvalue weighted by Crippen LogP contribution is 2.33. The molecule has 1 amide bonds. The number of alkyl halides is 3. The molecule has 0 radical (unpaired) electrons. The molecule has 0 aliphatic carbocycles. The number of hydrogen-bond donors (Lipinski definition) is 1. The Kier molecular flexibility index (Phi) is 8.57. The topological polar surface area (TPSA) is 86.1 Å². The standard InChI is InChI=1S/C28H20ClF3N4O3/c29-25-7-3-1-5-19(25)9-11-24(37)12-10-20-6-2-4-8-26(20)39-16-27(38)35-22-13-21(28(30,31)32)14-23(15-22)36-18-33-17-34-36/h1-15,17-18H,16H2,(H,35,38)/b11-9+,12-10+. The summed E-state index contributed by atoms with van der Waals surface area (Å²) in [5.74, 6) is -0.675. The number of nitrogens with zero attached hydrogens (tertiary/aromatic N) is 3. The van der Waals surface area contributed by atoms with Crippen molar-refractivity contribution in [2.24, 2.45) is 0 Å². The maximum Gasteiger partial charge on any atom is 0.416 e. The highest BCUT2D eigenvalue weighted by molar-refractivity contribution is 6.32. The summed E-state index contributed by atoms with van der Waals surface area (Å²) in [5.41, 5.74) is 0.243. The summed E-state index contributed by atoms with van der Waals surface area (Å²) in [6.45, 7) is -0.486. The number of ketones is 1. The van der Waals surface area contributed by atoms with Gasteiger partial charge in [-0.3, -0.25) is 9.59 Å². The quantitative estimate of drug-likeness (QED) is 0.248. The monoisotopic (exact) mass is 552 g/mol. The molecule has 1 aromatic heterocycles. The van der Waals surface area contributed by atoms with Crippen molar-refractivity contribution in [3.63, 3.8) is 0 Å². The number of amides is 1. The van der Waals surface area contributed by atoms with Crippen LogP contribution in [0.25, 0.3) is 17.8 Å². The van der Waals surface area contributed by atoms with Crippen LogP contribution in [0, 0.1) is 0 Å². The van der Waals surface area contributed by atoms with Crippen LogP contribution in [-0.2, 0) is 15.8 Å². The normalized spacial score (nSPS) is 11.7. The zero-order valence-corrected chi connectivity index (χ0v) is 20.9. The predicted octanol–water partition coefficient (Wildman–Crippen LogP) is 6.25. The van der Waals surface area contributed by atoms with E-state index in [4.69, 9.17) is 16.3 Å². The first-order chi connectivity index (χ1) is 18.7. The molecule has 0 atom stereocenters. The first kappa shape index (κ1) is 27.3. The van der Waals surface area contributed by atoms with Crippen molar-refractivity contribution in [2.45, 2.75) is 6.18 Å². The summed E-state index contributed by atoms with van der Waals surface area (Å²) in [7, 11) is 0. The molecule has 0 bridgehead atoms. The molecular weight excluding hydrogens is 533 g/mol. The predicted molar refractivity (Wildman–Crippen MR) is 141 cm³/mol. The lowest BCUT2D eigenvalue weighted by Crippen LogP contribution is -2.21. The second-order valence-corrected chi connectivity index (χ2v) is 8.48. The number of para-hydroxylation sites is 1. The first-order valence-corrected chi connectivity index (χ1v) is 11.8. The Hall–Kier alpha value is -4.70. The fourth-order valence-electron chi connectivity index (χ4n) is 3.42. The summed E-state index contributed by atoms with van der Waals surface area (Å²) in [6.07, 6.45) is 3.62. The van der Waals surface area contributed by atoms with Gasteiger partial charge in [0.2, 0.25) is 0 Å². The molecule has 0 fully saturated rings. The average Bonchev–Trinajstić information content (AvgIpc) is 3.45. The van der Waals surface area contributed by atoms with E-state index >= 15 is 0 Å². The Morgan fingerprint density at radius 3 is 2.36 bits per heavy atom.